The lowest BCUT2D eigenvalue weighted by Gasteiger charge is -2.29. The van der Waals surface area contributed by atoms with Gasteiger partial charge in [0.25, 0.3) is 0 Å². The second kappa shape index (κ2) is 7.33. The van der Waals surface area contributed by atoms with Crippen LogP contribution in [-0.2, 0) is 37.6 Å². The smallest absolute Gasteiger partial charge is 0.439 e. The van der Waals surface area contributed by atoms with Gasteiger partial charge in [-0.2, -0.15) is 43.2 Å². The van der Waals surface area contributed by atoms with Crippen LogP contribution in [0.1, 0.15) is 16.7 Å². The van der Waals surface area contributed by atoms with Crippen LogP contribution < -0.4 is 0 Å². The molecule has 1 aromatic rings. The number of hydrogen-bond acceptors (Lipinski definition) is 7. The summed E-state index contributed by atoms with van der Waals surface area (Å²) in [6, 6.07) is 2.15. The SMILES string of the molecule is Cc1cc(CO)c(O)c(COS(=O)(=O)C(F)(F)C(F)(F)C(F)(F)S(=O)(=O)O)c1. The summed E-state index contributed by atoms with van der Waals surface area (Å²) in [5.41, 5.74) is -0.563. The highest BCUT2D eigenvalue weighted by molar-refractivity contribution is 7.88. The quantitative estimate of drug-likeness (QED) is 0.302. The van der Waals surface area contributed by atoms with Crippen LogP contribution in [0.5, 0.6) is 5.75 Å². The predicted octanol–water partition coefficient (Wildman–Crippen LogP) is 1.75. The number of aryl methyl sites for hydroxylation is 1. The number of benzene rings is 1. The number of alkyl halides is 6. The molecule has 8 nitrogen and oxygen atoms in total. The minimum atomic E-state index is -7.14. The number of hydrogen-bond donors (Lipinski definition) is 3. The summed E-state index contributed by atoms with van der Waals surface area (Å²) >= 11 is 0. The lowest BCUT2D eigenvalue weighted by atomic mass is 10.1. The Bertz CT molecular complexity index is 959. The van der Waals surface area contributed by atoms with Gasteiger partial charge < -0.3 is 10.2 Å². The van der Waals surface area contributed by atoms with Crippen molar-refractivity contribution in [3.05, 3.63) is 28.8 Å². The van der Waals surface area contributed by atoms with Crippen molar-refractivity contribution in [1.29, 1.82) is 0 Å². The van der Waals surface area contributed by atoms with E-state index >= 15 is 0 Å². The van der Waals surface area contributed by atoms with E-state index in [1.54, 1.807) is 0 Å². The normalized spacial score (nSPS) is 14.3. The monoisotopic (exact) mass is 462 g/mol. The van der Waals surface area contributed by atoms with Crippen molar-refractivity contribution in [1.82, 2.24) is 0 Å². The van der Waals surface area contributed by atoms with Crippen molar-refractivity contribution in [3.8, 4) is 5.75 Å². The Morgan fingerprint density at radius 3 is 1.86 bits per heavy atom. The number of phenols is 1. The molecule has 1 rings (SSSR count). The van der Waals surface area contributed by atoms with Crippen molar-refractivity contribution in [3.63, 3.8) is 0 Å². The summed E-state index contributed by atoms with van der Waals surface area (Å²) < 4.78 is 135. The van der Waals surface area contributed by atoms with Gasteiger partial charge >= 0.3 is 36.7 Å². The molecule has 0 saturated heterocycles. The van der Waals surface area contributed by atoms with Gasteiger partial charge in [-0.3, -0.25) is 8.74 Å². The molecule has 0 atom stereocenters. The van der Waals surface area contributed by atoms with E-state index in [0.29, 0.717) is 0 Å². The average Bonchev–Trinajstić information content (AvgIpc) is 2.53. The van der Waals surface area contributed by atoms with Crippen LogP contribution in [0.25, 0.3) is 0 Å². The summed E-state index contributed by atoms with van der Waals surface area (Å²) in [5.74, 6) is -7.97. The molecule has 0 unspecified atom stereocenters. The van der Waals surface area contributed by atoms with Gasteiger partial charge in [0.1, 0.15) is 5.75 Å². The largest absolute Gasteiger partial charge is 0.507 e. The van der Waals surface area contributed by atoms with Crippen LogP contribution in [0.15, 0.2) is 12.1 Å². The Labute approximate surface area is 154 Å². The van der Waals surface area contributed by atoms with E-state index in [0.717, 1.165) is 6.07 Å². The highest BCUT2D eigenvalue weighted by Gasteiger charge is 2.82. The molecule has 0 radical (unpaired) electrons. The predicted molar refractivity (Wildman–Crippen MR) is 78.9 cm³/mol. The third-order valence-corrected chi connectivity index (χ3v) is 5.54. The van der Waals surface area contributed by atoms with Crippen LogP contribution in [0, 0.1) is 6.92 Å². The molecule has 0 heterocycles. The molecule has 0 bridgehead atoms. The van der Waals surface area contributed by atoms with Gasteiger partial charge in [0.2, 0.25) is 0 Å². The fourth-order valence-electron chi connectivity index (χ4n) is 1.87. The van der Waals surface area contributed by atoms with Crippen LogP contribution in [0.3, 0.4) is 0 Å². The maximum Gasteiger partial charge on any atom is 0.439 e. The second-order valence-electron chi connectivity index (χ2n) is 5.39. The molecule has 16 heteroatoms. The summed E-state index contributed by atoms with van der Waals surface area (Å²) in [4.78, 5) is 0. The van der Waals surface area contributed by atoms with Crippen LogP contribution in [-0.4, -0.2) is 48.0 Å². The zero-order valence-corrected chi connectivity index (χ0v) is 15.2. The Morgan fingerprint density at radius 1 is 0.964 bits per heavy atom. The first-order valence-electron chi connectivity index (χ1n) is 6.75. The average molecular weight is 462 g/mol. The molecule has 0 amide bonds. The summed E-state index contributed by atoms with van der Waals surface area (Å²) in [6.45, 7) is -0.986. The molecule has 0 saturated carbocycles. The van der Waals surface area contributed by atoms with E-state index in [4.69, 9.17) is 9.66 Å². The van der Waals surface area contributed by atoms with Gasteiger partial charge in [-0.05, 0) is 13.0 Å². The minimum Gasteiger partial charge on any atom is -0.507 e. The van der Waals surface area contributed by atoms with E-state index in [1.807, 2.05) is 0 Å². The molecule has 162 valence electrons. The zero-order valence-electron chi connectivity index (χ0n) is 13.5. The van der Waals surface area contributed by atoms with E-state index in [9.17, 15) is 48.3 Å². The summed E-state index contributed by atoms with van der Waals surface area (Å²) in [7, 11) is -14.1. The van der Waals surface area contributed by atoms with Gasteiger partial charge in [-0.1, -0.05) is 11.6 Å². The van der Waals surface area contributed by atoms with Crippen molar-refractivity contribution >= 4 is 20.2 Å². The molecule has 1 aromatic carbocycles. The third kappa shape index (κ3) is 3.91. The van der Waals surface area contributed by atoms with Gasteiger partial charge in [0.15, 0.2) is 0 Å². The fourth-order valence-corrected chi connectivity index (χ4v) is 3.26. The number of halogens is 6. The molecule has 0 fully saturated rings. The van der Waals surface area contributed by atoms with Gasteiger partial charge in [0.05, 0.1) is 13.2 Å². The van der Waals surface area contributed by atoms with Crippen LogP contribution >= 0.6 is 0 Å². The van der Waals surface area contributed by atoms with Crippen LogP contribution in [0.4, 0.5) is 26.3 Å². The van der Waals surface area contributed by atoms with E-state index < -0.39 is 61.2 Å². The van der Waals surface area contributed by atoms with Gasteiger partial charge in [-0.25, -0.2) is 0 Å². The Morgan fingerprint density at radius 2 is 1.43 bits per heavy atom. The van der Waals surface area contributed by atoms with Crippen LogP contribution in [0.2, 0.25) is 0 Å². The zero-order chi connectivity index (χ0) is 22.3. The first kappa shape index (κ1) is 24.4. The third-order valence-electron chi connectivity index (χ3n) is 3.32. The maximum atomic E-state index is 13.6. The molecule has 3 N–H and O–H groups in total. The molecule has 0 aliphatic heterocycles. The highest BCUT2D eigenvalue weighted by Crippen LogP contribution is 2.51. The number of rotatable bonds is 8. The highest BCUT2D eigenvalue weighted by atomic mass is 32.2. The van der Waals surface area contributed by atoms with Crippen molar-refractivity contribution in [2.24, 2.45) is 0 Å². The Balaban J connectivity index is 3.31. The number of aromatic hydroxyl groups is 1. The summed E-state index contributed by atoms with van der Waals surface area (Å²) in [6.07, 6.45) is 0. The van der Waals surface area contributed by atoms with Gasteiger partial charge in [0, 0.05) is 11.1 Å². The molecule has 28 heavy (non-hydrogen) atoms. The van der Waals surface area contributed by atoms with Gasteiger partial charge in [-0.15, -0.1) is 0 Å². The molecular formula is C12H12F6O8S2. The maximum absolute atomic E-state index is 13.6. The molecule has 0 aliphatic rings. The molecule has 0 spiro atoms. The first-order chi connectivity index (χ1) is 12.3. The topological polar surface area (TPSA) is 138 Å². The second-order valence-corrected chi connectivity index (χ2v) is 8.51. The fraction of sp³-hybridized carbons (Fsp3) is 0.500. The molecular weight excluding hydrogens is 450 g/mol. The van der Waals surface area contributed by atoms with E-state index in [2.05, 4.69) is 4.18 Å². The first-order valence-corrected chi connectivity index (χ1v) is 9.60. The summed E-state index contributed by atoms with van der Waals surface area (Å²) in [5, 5.41) is 5.01. The number of aliphatic hydroxyl groups excluding tert-OH is 1. The van der Waals surface area contributed by atoms with E-state index in [-0.39, 0.29) is 11.1 Å². The minimum absolute atomic E-state index is 0.217. The lowest BCUT2D eigenvalue weighted by Crippen LogP contribution is -2.60. The van der Waals surface area contributed by atoms with Crippen molar-refractivity contribution < 1.29 is 62.1 Å². The Hall–Kier alpha value is -1.62. The molecule has 0 aromatic heterocycles. The molecule has 0 aliphatic carbocycles. The Kier molecular flexibility index (Phi) is 6.39. The lowest BCUT2D eigenvalue weighted by molar-refractivity contribution is -0.248. The van der Waals surface area contributed by atoms with Crippen molar-refractivity contribution in [2.45, 2.75) is 36.6 Å². The standard InChI is InChI=1S/C12H12F6O8S2/c1-6-2-7(4-19)9(20)8(3-6)5-26-28(24,25)12(17,18)10(13,14)11(15,16)27(21,22)23/h2-3,19-20H,4-5H2,1H3,(H,21,22,23). The van der Waals surface area contributed by atoms with E-state index in [1.165, 1.54) is 13.0 Å². The van der Waals surface area contributed by atoms with Crippen molar-refractivity contribution in [2.75, 3.05) is 0 Å². The number of aliphatic hydroxyl groups is 1.